The molecule has 0 amide bonds. The lowest BCUT2D eigenvalue weighted by Crippen LogP contribution is -2.21. The number of benzene rings is 1. The van der Waals surface area contributed by atoms with Gasteiger partial charge < -0.3 is 10.5 Å². The van der Waals surface area contributed by atoms with E-state index in [4.69, 9.17) is 16.4 Å². The molecule has 0 spiro atoms. The fraction of sp³-hybridized carbons (Fsp3) is 0.0909. The number of hydrazone groups is 1. The molecule has 1 aromatic rings. The Labute approximate surface area is 103 Å². The van der Waals surface area contributed by atoms with Crippen LogP contribution in [0, 0.1) is 16.7 Å². The predicted molar refractivity (Wildman–Crippen MR) is 66.4 cm³/mol. The van der Waals surface area contributed by atoms with Crippen LogP contribution in [0.5, 0.6) is 0 Å². The van der Waals surface area contributed by atoms with E-state index < -0.39 is 11.8 Å². The van der Waals surface area contributed by atoms with Crippen LogP contribution in [0.15, 0.2) is 29.4 Å². The molecule has 0 saturated heterocycles. The molecule has 0 aliphatic heterocycles. The molecule has 0 aromatic heterocycles. The molecule has 0 atom stereocenters. The first kappa shape index (κ1) is 13.2. The molecule has 0 bridgehead atoms. The Morgan fingerprint density at radius 2 is 2.33 bits per heavy atom. The van der Waals surface area contributed by atoms with E-state index in [1.54, 1.807) is 24.3 Å². The highest BCUT2D eigenvalue weighted by Gasteiger charge is 2.05. The van der Waals surface area contributed by atoms with E-state index in [0.29, 0.717) is 11.3 Å². The van der Waals surface area contributed by atoms with Crippen LogP contribution in [0.25, 0.3) is 0 Å². The first-order valence-corrected chi connectivity index (χ1v) is 4.85. The van der Waals surface area contributed by atoms with Crippen molar-refractivity contribution < 1.29 is 9.53 Å². The summed E-state index contributed by atoms with van der Waals surface area (Å²) >= 11 is 0. The standard InChI is InChI=1S/C11H11N5O2/c1-18-11(17)7-3-2-4-8(5-7)15-16-9(6-12)10(13)14/h2-5,15H,1H3,(H3,13,14)/b16-9+. The summed E-state index contributed by atoms with van der Waals surface area (Å²) in [7, 11) is 1.28. The number of nitrogens with zero attached hydrogens (tertiary/aromatic N) is 2. The van der Waals surface area contributed by atoms with Crippen LogP contribution >= 0.6 is 0 Å². The van der Waals surface area contributed by atoms with Gasteiger partial charge in [-0.1, -0.05) is 6.07 Å². The van der Waals surface area contributed by atoms with E-state index in [1.807, 2.05) is 0 Å². The number of esters is 1. The number of nitriles is 1. The van der Waals surface area contributed by atoms with Crippen LogP contribution in [0.4, 0.5) is 5.69 Å². The number of nitrogens with two attached hydrogens (primary N) is 1. The summed E-state index contributed by atoms with van der Waals surface area (Å²) in [6, 6.07) is 8.02. The molecule has 0 aliphatic carbocycles. The van der Waals surface area contributed by atoms with Gasteiger partial charge in [0.15, 0.2) is 5.84 Å². The Balaban J connectivity index is 2.90. The molecule has 7 heteroatoms. The molecule has 1 aromatic carbocycles. The van der Waals surface area contributed by atoms with Crippen molar-refractivity contribution in [2.75, 3.05) is 12.5 Å². The first-order chi connectivity index (χ1) is 8.58. The Morgan fingerprint density at radius 3 is 2.89 bits per heavy atom. The minimum Gasteiger partial charge on any atom is -0.465 e. The van der Waals surface area contributed by atoms with Crippen molar-refractivity contribution in [1.29, 1.82) is 10.7 Å². The lowest BCUT2D eigenvalue weighted by atomic mass is 10.2. The van der Waals surface area contributed by atoms with Crippen LogP contribution in [-0.2, 0) is 4.74 Å². The zero-order valence-corrected chi connectivity index (χ0v) is 9.60. The maximum Gasteiger partial charge on any atom is 0.337 e. The third kappa shape index (κ3) is 3.31. The second-order valence-corrected chi connectivity index (χ2v) is 3.17. The monoisotopic (exact) mass is 245 g/mol. The number of nitrogens with one attached hydrogen (secondary N) is 2. The van der Waals surface area contributed by atoms with Crippen molar-refractivity contribution >= 4 is 23.2 Å². The van der Waals surface area contributed by atoms with Crippen LogP contribution in [0.1, 0.15) is 10.4 Å². The van der Waals surface area contributed by atoms with E-state index in [1.165, 1.54) is 13.2 Å². The molecule has 0 saturated carbocycles. The third-order valence-corrected chi connectivity index (χ3v) is 1.94. The number of carbonyl (C=O) groups is 1. The molecule has 92 valence electrons. The molecule has 0 heterocycles. The fourth-order valence-corrected chi connectivity index (χ4v) is 1.10. The zero-order valence-electron chi connectivity index (χ0n) is 9.60. The van der Waals surface area contributed by atoms with E-state index in [9.17, 15) is 4.79 Å². The van der Waals surface area contributed by atoms with Crippen LogP contribution < -0.4 is 11.2 Å². The summed E-state index contributed by atoms with van der Waals surface area (Å²) in [5, 5.41) is 19.3. The molecular weight excluding hydrogens is 234 g/mol. The molecule has 18 heavy (non-hydrogen) atoms. The largest absolute Gasteiger partial charge is 0.465 e. The van der Waals surface area contributed by atoms with Gasteiger partial charge in [0.05, 0.1) is 18.4 Å². The van der Waals surface area contributed by atoms with Crippen molar-refractivity contribution in [3.63, 3.8) is 0 Å². The number of anilines is 1. The third-order valence-electron chi connectivity index (χ3n) is 1.94. The maximum absolute atomic E-state index is 11.3. The molecule has 0 fully saturated rings. The van der Waals surface area contributed by atoms with Crippen molar-refractivity contribution in [3.05, 3.63) is 29.8 Å². The topological polar surface area (TPSA) is 124 Å². The Morgan fingerprint density at radius 1 is 1.61 bits per heavy atom. The number of methoxy groups -OCH3 is 1. The molecule has 7 nitrogen and oxygen atoms in total. The van der Waals surface area contributed by atoms with Crippen LogP contribution in [0.2, 0.25) is 0 Å². The van der Waals surface area contributed by atoms with E-state index in [-0.39, 0.29) is 5.71 Å². The van der Waals surface area contributed by atoms with Crippen molar-refractivity contribution in [2.45, 2.75) is 0 Å². The van der Waals surface area contributed by atoms with Crippen LogP contribution in [-0.4, -0.2) is 24.6 Å². The number of hydrogen-bond acceptors (Lipinski definition) is 6. The van der Waals surface area contributed by atoms with Gasteiger partial charge in [-0.2, -0.15) is 10.4 Å². The minimum atomic E-state index is -0.477. The molecule has 0 radical (unpaired) electrons. The van der Waals surface area contributed by atoms with Gasteiger partial charge >= 0.3 is 5.97 Å². The van der Waals surface area contributed by atoms with Crippen LogP contribution in [0.3, 0.4) is 0 Å². The SMILES string of the molecule is COC(=O)c1cccc(N/N=C(\C#N)C(=N)N)c1. The summed E-state index contributed by atoms with van der Waals surface area (Å²) in [5.41, 5.74) is 8.25. The molecule has 1 rings (SSSR count). The van der Waals surface area contributed by atoms with Gasteiger partial charge in [0, 0.05) is 0 Å². The second-order valence-electron chi connectivity index (χ2n) is 3.17. The fourth-order valence-electron chi connectivity index (χ4n) is 1.10. The first-order valence-electron chi connectivity index (χ1n) is 4.85. The number of amidine groups is 1. The van der Waals surface area contributed by atoms with Gasteiger partial charge in [0.1, 0.15) is 6.07 Å². The molecule has 0 unspecified atom stereocenters. The lowest BCUT2D eigenvalue weighted by Gasteiger charge is -2.03. The second kappa shape index (κ2) is 6.00. The number of hydrogen-bond donors (Lipinski definition) is 3. The highest BCUT2D eigenvalue weighted by atomic mass is 16.5. The van der Waals surface area contributed by atoms with E-state index in [0.717, 1.165) is 0 Å². The quantitative estimate of drug-likeness (QED) is 0.311. The van der Waals surface area contributed by atoms with Gasteiger partial charge in [-0.3, -0.25) is 10.8 Å². The molecule has 0 aliphatic rings. The smallest absolute Gasteiger partial charge is 0.337 e. The molecular formula is C11H11N5O2. The Hall–Kier alpha value is -2.88. The van der Waals surface area contributed by atoms with Crippen molar-refractivity contribution in [2.24, 2.45) is 10.8 Å². The number of carbonyl (C=O) groups excluding carboxylic acids is 1. The van der Waals surface area contributed by atoms with E-state index >= 15 is 0 Å². The lowest BCUT2D eigenvalue weighted by molar-refractivity contribution is 0.0601. The van der Waals surface area contributed by atoms with E-state index in [2.05, 4.69) is 15.3 Å². The normalized spacial score (nSPS) is 10.3. The van der Waals surface area contributed by atoms with Gasteiger partial charge in [-0.05, 0) is 18.2 Å². The Bertz CT molecular complexity index is 545. The number of rotatable bonds is 4. The van der Waals surface area contributed by atoms with Crippen molar-refractivity contribution in [3.8, 4) is 6.07 Å². The summed E-state index contributed by atoms with van der Waals surface area (Å²) in [4.78, 5) is 11.3. The highest BCUT2D eigenvalue weighted by Crippen LogP contribution is 2.11. The summed E-state index contributed by atoms with van der Waals surface area (Å²) < 4.78 is 4.57. The minimum absolute atomic E-state index is 0.238. The summed E-state index contributed by atoms with van der Waals surface area (Å²) in [6.07, 6.45) is 0. The van der Waals surface area contributed by atoms with Gasteiger partial charge in [-0.15, -0.1) is 0 Å². The van der Waals surface area contributed by atoms with Crippen molar-refractivity contribution in [1.82, 2.24) is 0 Å². The summed E-state index contributed by atoms with van der Waals surface area (Å²) in [6.45, 7) is 0. The van der Waals surface area contributed by atoms with Gasteiger partial charge in [-0.25, -0.2) is 4.79 Å². The number of ether oxygens (including phenoxy) is 1. The Kier molecular flexibility index (Phi) is 4.40. The maximum atomic E-state index is 11.3. The highest BCUT2D eigenvalue weighted by molar-refractivity contribution is 6.45. The summed E-state index contributed by atoms with van der Waals surface area (Å²) in [5.74, 6) is -0.913. The average molecular weight is 245 g/mol. The molecule has 4 N–H and O–H groups in total. The predicted octanol–water partition coefficient (Wildman–Crippen LogP) is 0.701. The zero-order chi connectivity index (χ0) is 13.5. The average Bonchev–Trinajstić information content (AvgIpc) is 2.38. The van der Waals surface area contributed by atoms with Gasteiger partial charge in [0.2, 0.25) is 5.71 Å². The van der Waals surface area contributed by atoms with Gasteiger partial charge in [0.25, 0.3) is 0 Å².